The standard InChI is InChI=1S/C12H19N3O2/c1-13-8-9-15(12(13)17)10-11(16)14-6-4-2-3-5-7-14/h8-9H,2-7,10H2,1H3. The zero-order chi connectivity index (χ0) is 12.3. The van der Waals surface area contributed by atoms with Crippen LogP contribution in [0.25, 0.3) is 0 Å². The van der Waals surface area contributed by atoms with E-state index in [4.69, 9.17) is 0 Å². The quantitative estimate of drug-likeness (QED) is 0.756. The van der Waals surface area contributed by atoms with Gasteiger partial charge < -0.3 is 9.47 Å². The molecule has 0 aromatic carbocycles. The van der Waals surface area contributed by atoms with Gasteiger partial charge >= 0.3 is 5.69 Å². The van der Waals surface area contributed by atoms with Crippen molar-refractivity contribution in [3.8, 4) is 0 Å². The van der Waals surface area contributed by atoms with Gasteiger partial charge in [0.2, 0.25) is 5.91 Å². The Hall–Kier alpha value is -1.52. The van der Waals surface area contributed by atoms with E-state index in [1.807, 2.05) is 4.90 Å². The maximum absolute atomic E-state index is 12.0. The molecule has 5 nitrogen and oxygen atoms in total. The van der Waals surface area contributed by atoms with Gasteiger partial charge in [-0.3, -0.25) is 9.36 Å². The van der Waals surface area contributed by atoms with Crippen LogP contribution in [0.15, 0.2) is 17.2 Å². The first-order valence-electron chi connectivity index (χ1n) is 6.18. The summed E-state index contributed by atoms with van der Waals surface area (Å²) < 4.78 is 2.95. The molecule has 2 heterocycles. The Morgan fingerprint density at radius 3 is 2.35 bits per heavy atom. The molecule has 94 valence electrons. The first kappa shape index (κ1) is 12.0. The van der Waals surface area contributed by atoms with Crippen molar-refractivity contribution in [3.05, 3.63) is 22.9 Å². The maximum atomic E-state index is 12.0. The van der Waals surface area contributed by atoms with Crippen LogP contribution in [0.3, 0.4) is 0 Å². The molecule has 0 spiro atoms. The first-order chi connectivity index (χ1) is 8.18. The largest absolute Gasteiger partial charge is 0.341 e. The maximum Gasteiger partial charge on any atom is 0.328 e. The summed E-state index contributed by atoms with van der Waals surface area (Å²) in [4.78, 5) is 25.5. The summed E-state index contributed by atoms with van der Waals surface area (Å²) in [5, 5.41) is 0. The highest BCUT2D eigenvalue weighted by atomic mass is 16.2. The van der Waals surface area contributed by atoms with Crippen LogP contribution in [0.4, 0.5) is 0 Å². The van der Waals surface area contributed by atoms with Crippen molar-refractivity contribution >= 4 is 5.91 Å². The molecule has 1 saturated heterocycles. The summed E-state index contributed by atoms with van der Waals surface area (Å²) in [6, 6.07) is 0. The number of carbonyl (C=O) groups excluding carboxylic acids is 1. The van der Waals surface area contributed by atoms with Gasteiger partial charge in [-0.2, -0.15) is 0 Å². The van der Waals surface area contributed by atoms with E-state index in [1.165, 1.54) is 22.0 Å². The number of carbonyl (C=O) groups is 1. The number of likely N-dealkylation sites (tertiary alicyclic amines) is 1. The zero-order valence-electron chi connectivity index (χ0n) is 10.3. The third kappa shape index (κ3) is 2.78. The molecule has 0 saturated carbocycles. The molecule has 17 heavy (non-hydrogen) atoms. The molecule has 5 heteroatoms. The molecule has 1 aliphatic rings. The lowest BCUT2D eigenvalue weighted by atomic mass is 10.2. The summed E-state index contributed by atoms with van der Waals surface area (Å²) in [6.07, 6.45) is 7.91. The minimum atomic E-state index is -0.131. The van der Waals surface area contributed by atoms with Crippen molar-refractivity contribution in [3.63, 3.8) is 0 Å². The first-order valence-corrected chi connectivity index (χ1v) is 6.18. The minimum Gasteiger partial charge on any atom is -0.341 e. The summed E-state index contributed by atoms with van der Waals surface area (Å²) in [6.45, 7) is 1.83. The van der Waals surface area contributed by atoms with Crippen molar-refractivity contribution in [1.82, 2.24) is 14.0 Å². The van der Waals surface area contributed by atoms with Crippen LogP contribution < -0.4 is 5.69 Å². The lowest BCUT2D eigenvalue weighted by Crippen LogP contribution is -2.37. The van der Waals surface area contributed by atoms with E-state index < -0.39 is 0 Å². The molecule has 0 unspecified atom stereocenters. The predicted molar refractivity (Wildman–Crippen MR) is 64.7 cm³/mol. The Morgan fingerprint density at radius 2 is 1.82 bits per heavy atom. The Morgan fingerprint density at radius 1 is 1.18 bits per heavy atom. The van der Waals surface area contributed by atoms with Gasteiger partial charge in [0.25, 0.3) is 0 Å². The van der Waals surface area contributed by atoms with Crippen molar-refractivity contribution in [2.45, 2.75) is 32.2 Å². The summed E-state index contributed by atoms with van der Waals surface area (Å²) in [5.41, 5.74) is -0.131. The summed E-state index contributed by atoms with van der Waals surface area (Å²) >= 11 is 0. The number of amides is 1. The lowest BCUT2D eigenvalue weighted by Gasteiger charge is -2.20. The smallest absolute Gasteiger partial charge is 0.328 e. The molecule has 2 rings (SSSR count). The number of rotatable bonds is 2. The fourth-order valence-electron chi connectivity index (χ4n) is 2.20. The van der Waals surface area contributed by atoms with Gasteiger partial charge in [-0.05, 0) is 12.8 Å². The van der Waals surface area contributed by atoms with Gasteiger partial charge in [-0.15, -0.1) is 0 Å². The normalized spacial score (nSPS) is 16.9. The lowest BCUT2D eigenvalue weighted by molar-refractivity contribution is -0.131. The van der Waals surface area contributed by atoms with Crippen LogP contribution in [-0.2, 0) is 18.4 Å². The average molecular weight is 237 g/mol. The molecule has 1 aromatic rings. The molecule has 0 atom stereocenters. The van der Waals surface area contributed by atoms with Gasteiger partial charge in [0.05, 0.1) is 0 Å². The number of aromatic nitrogens is 2. The molecule has 0 N–H and O–H groups in total. The Labute approximate surface area is 101 Å². The molecule has 1 aliphatic heterocycles. The highest BCUT2D eigenvalue weighted by Gasteiger charge is 2.16. The summed E-state index contributed by atoms with van der Waals surface area (Å²) in [7, 11) is 1.69. The van der Waals surface area contributed by atoms with E-state index in [9.17, 15) is 9.59 Å². The monoisotopic (exact) mass is 237 g/mol. The van der Waals surface area contributed by atoms with Crippen molar-refractivity contribution in [2.24, 2.45) is 7.05 Å². The second kappa shape index (κ2) is 5.21. The topological polar surface area (TPSA) is 47.2 Å². The molecule has 0 aliphatic carbocycles. The Kier molecular flexibility index (Phi) is 3.66. The van der Waals surface area contributed by atoms with Crippen LogP contribution in [0, 0.1) is 0 Å². The SMILES string of the molecule is Cn1ccn(CC(=O)N2CCCCCC2)c1=O. The molecule has 0 bridgehead atoms. The summed E-state index contributed by atoms with van der Waals surface area (Å²) in [5.74, 6) is 0.0557. The van der Waals surface area contributed by atoms with Crippen LogP contribution in [0.1, 0.15) is 25.7 Å². The highest BCUT2D eigenvalue weighted by Crippen LogP contribution is 2.09. The van der Waals surface area contributed by atoms with Crippen molar-refractivity contribution in [1.29, 1.82) is 0 Å². The molecule has 0 radical (unpaired) electrons. The minimum absolute atomic E-state index is 0.0557. The van der Waals surface area contributed by atoms with Gasteiger partial charge in [-0.25, -0.2) is 4.79 Å². The van der Waals surface area contributed by atoms with Gasteiger partial charge in [0, 0.05) is 32.5 Å². The van der Waals surface area contributed by atoms with Gasteiger partial charge in [-0.1, -0.05) is 12.8 Å². The molecular weight excluding hydrogens is 218 g/mol. The molecule has 1 aromatic heterocycles. The third-order valence-electron chi connectivity index (χ3n) is 3.28. The van der Waals surface area contributed by atoms with Crippen molar-refractivity contribution < 1.29 is 4.79 Å². The van der Waals surface area contributed by atoms with Crippen LogP contribution >= 0.6 is 0 Å². The van der Waals surface area contributed by atoms with E-state index in [0.29, 0.717) is 0 Å². The van der Waals surface area contributed by atoms with E-state index in [-0.39, 0.29) is 18.1 Å². The Bertz CT molecular complexity index is 439. The highest BCUT2D eigenvalue weighted by molar-refractivity contribution is 5.76. The van der Waals surface area contributed by atoms with Gasteiger partial charge in [0.15, 0.2) is 0 Å². The second-order valence-electron chi connectivity index (χ2n) is 4.61. The fraction of sp³-hybridized carbons (Fsp3) is 0.667. The van der Waals surface area contributed by atoms with Crippen LogP contribution in [0.5, 0.6) is 0 Å². The third-order valence-corrected chi connectivity index (χ3v) is 3.28. The van der Waals surface area contributed by atoms with E-state index in [0.717, 1.165) is 25.9 Å². The number of imidazole rings is 1. The second-order valence-corrected chi connectivity index (χ2v) is 4.61. The van der Waals surface area contributed by atoms with E-state index >= 15 is 0 Å². The van der Waals surface area contributed by atoms with Crippen LogP contribution in [-0.4, -0.2) is 33.0 Å². The fourth-order valence-corrected chi connectivity index (χ4v) is 2.20. The van der Waals surface area contributed by atoms with E-state index in [2.05, 4.69) is 0 Å². The zero-order valence-corrected chi connectivity index (χ0v) is 10.3. The van der Waals surface area contributed by atoms with Crippen LogP contribution in [0.2, 0.25) is 0 Å². The molecular formula is C12H19N3O2. The average Bonchev–Trinajstić information content (AvgIpc) is 2.59. The Balaban J connectivity index is 2.00. The molecule has 1 fully saturated rings. The number of nitrogens with zero attached hydrogens (tertiary/aromatic N) is 3. The number of hydrogen-bond acceptors (Lipinski definition) is 2. The van der Waals surface area contributed by atoms with Gasteiger partial charge in [0.1, 0.15) is 6.54 Å². The molecule has 1 amide bonds. The predicted octanol–water partition coefficient (Wildman–Crippen LogP) is 0.589. The van der Waals surface area contributed by atoms with Crippen molar-refractivity contribution in [2.75, 3.05) is 13.1 Å². The van der Waals surface area contributed by atoms with E-state index in [1.54, 1.807) is 19.4 Å². The number of hydrogen-bond donors (Lipinski definition) is 0. The number of aryl methyl sites for hydroxylation is 1.